The fourth-order valence-corrected chi connectivity index (χ4v) is 2.74. The van der Waals surface area contributed by atoms with Crippen molar-refractivity contribution < 1.29 is 9.53 Å². The molecule has 0 fully saturated rings. The molecule has 0 saturated heterocycles. The average molecular weight is 290 g/mol. The number of aryl methyl sites for hydroxylation is 2. The van der Waals surface area contributed by atoms with Gasteiger partial charge >= 0.3 is 5.97 Å². The summed E-state index contributed by atoms with van der Waals surface area (Å²) in [7, 11) is 0. The number of hydrogen-bond acceptors (Lipinski definition) is 5. The van der Waals surface area contributed by atoms with Gasteiger partial charge in [0.05, 0.1) is 18.7 Å². The van der Waals surface area contributed by atoms with Crippen LogP contribution in [-0.4, -0.2) is 17.6 Å². The lowest BCUT2D eigenvalue weighted by Gasteiger charge is -2.05. The maximum atomic E-state index is 11.5. The highest BCUT2D eigenvalue weighted by atomic mass is 32.1. The van der Waals surface area contributed by atoms with E-state index in [0.717, 1.165) is 12.4 Å². The van der Waals surface area contributed by atoms with Crippen molar-refractivity contribution in [3.63, 3.8) is 0 Å². The summed E-state index contributed by atoms with van der Waals surface area (Å²) in [6, 6.07) is 5.69. The third-order valence-electron chi connectivity index (χ3n) is 2.94. The molecule has 0 aliphatic carbocycles. The normalized spacial score (nSPS) is 10.3. The van der Waals surface area contributed by atoms with Crippen LogP contribution in [0.15, 0.2) is 24.4 Å². The predicted molar refractivity (Wildman–Crippen MR) is 81.3 cm³/mol. The fourth-order valence-electron chi connectivity index (χ4n) is 1.75. The van der Waals surface area contributed by atoms with Gasteiger partial charge in [0, 0.05) is 16.0 Å². The smallest absolute Gasteiger partial charge is 0.339 e. The van der Waals surface area contributed by atoms with Crippen LogP contribution >= 0.6 is 11.3 Å². The van der Waals surface area contributed by atoms with Crippen LogP contribution in [-0.2, 0) is 11.3 Å². The molecule has 0 radical (unpaired) electrons. The molecular formula is C15H18N2O2S. The summed E-state index contributed by atoms with van der Waals surface area (Å²) >= 11 is 1.78. The van der Waals surface area contributed by atoms with E-state index >= 15 is 0 Å². The summed E-state index contributed by atoms with van der Waals surface area (Å²) in [6.07, 6.45) is 1.53. The Bertz CT molecular complexity index is 571. The number of pyridine rings is 1. The first-order valence-electron chi connectivity index (χ1n) is 6.53. The first-order chi connectivity index (χ1) is 9.60. The van der Waals surface area contributed by atoms with Gasteiger partial charge in [0.25, 0.3) is 0 Å². The summed E-state index contributed by atoms with van der Waals surface area (Å²) in [4.78, 5) is 18.3. The molecule has 2 aromatic rings. The van der Waals surface area contributed by atoms with E-state index in [1.54, 1.807) is 30.4 Å². The second kappa shape index (κ2) is 6.52. The van der Waals surface area contributed by atoms with Gasteiger partial charge in [0.1, 0.15) is 5.82 Å². The molecule has 1 N–H and O–H groups in total. The second-order valence-electron chi connectivity index (χ2n) is 4.46. The zero-order chi connectivity index (χ0) is 14.5. The van der Waals surface area contributed by atoms with Crippen molar-refractivity contribution in [1.29, 1.82) is 0 Å². The Morgan fingerprint density at radius 3 is 2.75 bits per heavy atom. The minimum Gasteiger partial charge on any atom is -0.462 e. The SMILES string of the molecule is CCOC(=O)c1ccc(NCc2cc(C)c(C)s2)nc1. The molecule has 0 aliphatic rings. The first-order valence-corrected chi connectivity index (χ1v) is 7.34. The zero-order valence-corrected chi connectivity index (χ0v) is 12.7. The quantitative estimate of drug-likeness (QED) is 0.856. The van der Waals surface area contributed by atoms with Crippen molar-refractivity contribution in [2.45, 2.75) is 27.3 Å². The Morgan fingerprint density at radius 2 is 2.20 bits per heavy atom. The number of nitrogens with zero attached hydrogens (tertiary/aromatic N) is 1. The summed E-state index contributed by atoms with van der Waals surface area (Å²) < 4.78 is 4.92. The van der Waals surface area contributed by atoms with Crippen LogP contribution in [0, 0.1) is 13.8 Å². The molecule has 2 aromatic heterocycles. The van der Waals surface area contributed by atoms with Gasteiger partial charge in [-0.05, 0) is 44.5 Å². The van der Waals surface area contributed by atoms with Crippen LogP contribution < -0.4 is 5.32 Å². The van der Waals surface area contributed by atoms with E-state index in [2.05, 4.69) is 30.2 Å². The highest BCUT2D eigenvalue weighted by Gasteiger charge is 2.07. The predicted octanol–water partition coefficient (Wildman–Crippen LogP) is 3.55. The molecule has 5 heteroatoms. The molecule has 2 rings (SSSR count). The van der Waals surface area contributed by atoms with Crippen LogP contribution in [0.4, 0.5) is 5.82 Å². The largest absolute Gasteiger partial charge is 0.462 e. The molecule has 4 nitrogen and oxygen atoms in total. The van der Waals surface area contributed by atoms with Crippen molar-refractivity contribution in [2.24, 2.45) is 0 Å². The topological polar surface area (TPSA) is 51.2 Å². The van der Waals surface area contributed by atoms with E-state index in [1.165, 1.54) is 21.5 Å². The van der Waals surface area contributed by atoms with Crippen LogP contribution in [0.2, 0.25) is 0 Å². The van der Waals surface area contributed by atoms with Gasteiger partial charge in [0.2, 0.25) is 0 Å². The number of aromatic nitrogens is 1. The summed E-state index contributed by atoms with van der Waals surface area (Å²) in [5.41, 5.74) is 1.79. The number of esters is 1. The number of carbonyl (C=O) groups is 1. The third kappa shape index (κ3) is 3.57. The van der Waals surface area contributed by atoms with Crippen molar-refractivity contribution >= 4 is 23.1 Å². The van der Waals surface area contributed by atoms with Gasteiger partial charge in [0.15, 0.2) is 0 Å². The van der Waals surface area contributed by atoms with Gasteiger partial charge < -0.3 is 10.1 Å². The van der Waals surface area contributed by atoms with Crippen molar-refractivity contribution in [2.75, 3.05) is 11.9 Å². The molecule has 0 spiro atoms. The van der Waals surface area contributed by atoms with Crippen molar-refractivity contribution in [3.05, 3.63) is 45.3 Å². The Hall–Kier alpha value is -1.88. The number of ether oxygens (including phenoxy) is 1. The molecule has 0 saturated carbocycles. The number of nitrogens with one attached hydrogen (secondary N) is 1. The standard InChI is InChI=1S/C15H18N2O2S/c1-4-19-15(18)12-5-6-14(16-8-12)17-9-13-7-10(2)11(3)20-13/h5-8H,4,9H2,1-3H3,(H,16,17). The van der Waals surface area contributed by atoms with Gasteiger partial charge in [-0.15, -0.1) is 11.3 Å². The lowest BCUT2D eigenvalue weighted by molar-refractivity contribution is 0.0526. The zero-order valence-electron chi connectivity index (χ0n) is 11.9. The average Bonchev–Trinajstić information content (AvgIpc) is 2.76. The van der Waals surface area contributed by atoms with E-state index in [4.69, 9.17) is 4.74 Å². The van der Waals surface area contributed by atoms with Gasteiger partial charge in [-0.2, -0.15) is 0 Å². The number of hydrogen-bond donors (Lipinski definition) is 1. The summed E-state index contributed by atoms with van der Waals surface area (Å²) in [5, 5.41) is 3.25. The molecule has 0 amide bonds. The molecule has 2 heterocycles. The van der Waals surface area contributed by atoms with Crippen LogP contribution in [0.5, 0.6) is 0 Å². The minimum atomic E-state index is -0.337. The molecular weight excluding hydrogens is 272 g/mol. The van der Waals surface area contributed by atoms with E-state index < -0.39 is 0 Å². The van der Waals surface area contributed by atoms with Crippen LogP contribution in [0.1, 0.15) is 32.6 Å². The Kier molecular flexibility index (Phi) is 4.74. The molecule has 0 unspecified atom stereocenters. The van der Waals surface area contributed by atoms with E-state index in [0.29, 0.717) is 12.2 Å². The van der Waals surface area contributed by atoms with Crippen LogP contribution in [0.25, 0.3) is 0 Å². The number of rotatable bonds is 5. The van der Waals surface area contributed by atoms with Gasteiger partial charge in [-0.3, -0.25) is 0 Å². The maximum Gasteiger partial charge on any atom is 0.339 e. The van der Waals surface area contributed by atoms with Crippen LogP contribution in [0.3, 0.4) is 0 Å². The molecule has 20 heavy (non-hydrogen) atoms. The molecule has 0 bridgehead atoms. The lowest BCUT2D eigenvalue weighted by atomic mass is 10.3. The molecule has 106 valence electrons. The first kappa shape index (κ1) is 14.5. The number of anilines is 1. The molecule has 0 aliphatic heterocycles. The van der Waals surface area contributed by atoms with Gasteiger partial charge in [-0.1, -0.05) is 0 Å². The van der Waals surface area contributed by atoms with Crippen molar-refractivity contribution in [3.8, 4) is 0 Å². The Morgan fingerprint density at radius 1 is 1.40 bits per heavy atom. The molecule has 0 atom stereocenters. The van der Waals surface area contributed by atoms with Crippen molar-refractivity contribution in [1.82, 2.24) is 4.98 Å². The summed E-state index contributed by atoms with van der Waals surface area (Å²) in [5.74, 6) is 0.415. The Balaban J connectivity index is 1.95. The Labute approximate surface area is 122 Å². The molecule has 0 aromatic carbocycles. The second-order valence-corrected chi connectivity index (χ2v) is 5.80. The highest BCUT2D eigenvalue weighted by molar-refractivity contribution is 7.12. The van der Waals surface area contributed by atoms with Gasteiger partial charge in [-0.25, -0.2) is 9.78 Å². The fraction of sp³-hybridized carbons (Fsp3) is 0.333. The maximum absolute atomic E-state index is 11.5. The monoisotopic (exact) mass is 290 g/mol. The number of carbonyl (C=O) groups excluding carboxylic acids is 1. The van der Waals surface area contributed by atoms with E-state index in [-0.39, 0.29) is 5.97 Å². The van der Waals surface area contributed by atoms with E-state index in [1.807, 2.05) is 0 Å². The minimum absolute atomic E-state index is 0.337. The summed E-state index contributed by atoms with van der Waals surface area (Å²) in [6.45, 7) is 7.13. The number of thiophene rings is 1. The highest BCUT2D eigenvalue weighted by Crippen LogP contribution is 2.21. The van der Waals surface area contributed by atoms with E-state index in [9.17, 15) is 4.79 Å². The lowest BCUT2D eigenvalue weighted by Crippen LogP contribution is -2.06. The third-order valence-corrected chi connectivity index (χ3v) is 4.09.